The molecule has 2 fully saturated rings. The van der Waals surface area contributed by atoms with E-state index in [-0.39, 0.29) is 74.8 Å². The molecule has 7 nitrogen and oxygen atoms in total. The molecule has 0 bridgehead atoms. The van der Waals surface area contributed by atoms with Gasteiger partial charge in [-0.25, -0.2) is 22.5 Å². The van der Waals surface area contributed by atoms with E-state index in [0.29, 0.717) is 0 Å². The first-order valence-corrected chi connectivity index (χ1v) is 11.1. The van der Waals surface area contributed by atoms with Crippen molar-refractivity contribution in [1.82, 2.24) is 19.9 Å². The van der Waals surface area contributed by atoms with Crippen LogP contribution >= 0.6 is 0 Å². The number of ether oxygens (including phenoxy) is 1. The Kier molecular flexibility index (Phi) is 6.66. The fourth-order valence-corrected chi connectivity index (χ4v) is 4.56. The highest BCUT2D eigenvalue weighted by Gasteiger charge is 2.43. The Morgan fingerprint density at radius 1 is 0.829 bits per heavy atom. The number of nitrogens with two attached hydrogens (primary N) is 1. The second kappa shape index (κ2) is 9.26. The lowest BCUT2D eigenvalue weighted by Gasteiger charge is -2.43. The average Bonchev–Trinajstić information content (AvgIpc) is 2.75. The van der Waals surface area contributed by atoms with Gasteiger partial charge in [0.2, 0.25) is 29.6 Å². The first kappa shape index (κ1) is 25.2. The van der Waals surface area contributed by atoms with Crippen molar-refractivity contribution < 1.29 is 35.5 Å². The van der Waals surface area contributed by atoms with Crippen molar-refractivity contribution >= 4 is 11.9 Å². The van der Waals surface area contributed by atoms with Crippen molar-refractivity contribution in [2.75, 3.05) is 10.6 Å². The van der Waals surface area contributed by atoms with Crippen molar-refractivity contribution in [2.24, 2.45) is 0 Å². The van der Waals surface area contributed by atoms with Crippen LogP contribution in [0.25, 0.3) is 11.5 Å². The monoisotopic (exact) mass is 508 g/mol. The molecule has 2 saturated carbocycles. The van der Waals surface area contributed by atoms with Crippen molar-refractivity contribution in [3.8, 4) is 17.4 Å². The SMILES string of the molecule is Nc1nc(-c2cccc(OC(F)(F)F)n2)nc(N(C2CCC(F)(F)CC2)C2CCC(F)(F)CC2)n1. The van der Waals surface area contributed by atoms with Gasteiger partial charge in [-0.05, 0) is 31.7 Å². The van der Waals surface area contributed by atoms with Gasteiger partial charge in [0.25, 0.3) is 0 Å². The van der Waals surface area contributed by atoms with Crippen LogP contribution in [0.4, 0.5) is 42.6 Å². The maximum atomic E-state index is 13.8. The Morgan fingerprint density at radius 2 is 1.37 bits per heavy atom. The molecule has 0 radical (unpaired) electrons. The third kappa shape index (κ3) is 6.40. The van der Waals surface area contributed by atoms with Gasteiger partial charge in [-0.1, -0.05) is 6.07 Å². The fraction of sp³-hybridized carbons (Fsp3) is 0.619. The Morgan fingerprint density at radius 3 is 1.89 bits per heavy atom. The molecule has 2 aliphatic carbocycles. The summed E-state index contributed by atoms with van der Waals surface area (Å²) in [6.07, 6.45) is -6.08. The molecular weight excluding hydrogens is 485 g/mol. The predicted molar refractivity (Wildman–Crippen MR) is 111 cm³/mol. The van der Waals surface area contributed by atoms with E-state index in [0.717, 1.165) is 6.07 Å². The molecule has 0 spiro atoms. The normalized spacial score (nSPS) is 21.0. The van der Waals surface area contributed by atoms with Crippen LogP contribution in [0, 0.1) is 0 Å². The smallest absolute Gasteiger partial charge is 0.388 e. The quantitative estimate of drug-likeness (QED) is 0.543. The molecule has 192 valence electrons. The molecule has 0 amide bonds. The summed E-state index contributed by atoms with van der Waals surface area (Å²) >= 11 is 0. The molecule has 0 aliphatic heterocycles. The molecule has 14 heteroatoms. The van der Waals surface area contributed by atoms with Gasteiger partial charge in [-0.15, -0.1) is 13.2 Å². The predicted octanol–water partition coefficient (Wildman–Crippen LogP) is 5.38. The zero-order valence-electron chi connectivity index (χ0n) is 18.4. The van der Waals surface area contributed by atoms with E-state index in [1.807, 2.05) is 0 Å². The molecule has 2 aromatic rings. The number of rotatable bonds is 5. The number of alkyl halides is 7. The van der Waals surface area contributed by atoms with Gasteiger partial charge in [-0.3, -0.25) is 0 Å². The number of nitrogen functional groups attached to an aromatic ring is 1. The molecular formula is C21H23F7N6O. The number of hydrogen-bond acceptors (Lipinski definition) is 7. The molecule has 2 heterocycles. The van der Waals surface area contributed by atoms with Crippen LogP contribution in [0.1, 0.15) is 51.4 Å². The summed E-state index contributed by atoms with van der Waals surface area (Å²) in [7, 11) is 0. The number of anilines is 2. The highest BCUT2D eigenvalue weighted by molar-refractivity contribution is 5.54. The Labute approximate surface area is 195 Å². The van der Waals surface area contributed by atoms with E-state index in [1.165, 1.54) is 12.1 Å². The standard InChI is InChI=1S/C21H23F7N6O/c22-19(23)8-4-12(5-9-19)34(13-6-10-20(24,25)11-7-13)18-32-16(31-17(29)33-18)14-2-1-3-15(30-14)35-21(26,27)28/h1-3,12-13H,4-11H2,(H2,29,31,32,33). The third-order valence-electron chi connectivity index (χ3n) is 6.20. The Bertz CT molecular complexity index is 1000. The van der Waals surface area contributed by atoms with Crippen molar-refractivity contribution in [1.29, 1.82) is 0 Å². The van der Waals surface area contributed by atoms with E-state index >= 15 is 0 Å². The summed E-state index contributed by atoms with van der Waals surface area (Å²) in [5.41, 5.74) is 5.76. The summed E-state index contributed by atoms with van der Waals surface area (Å²) < 4.78 is 96.9. The summed E-state index contributed by atoms with van der Waals surface area (Å²) in [6, 6.07) is 2.70. The van der Waals surface area contributed by atoms with Crippen LogP contribution in [0.5, 0.6) is 5.88 Å². The molecule has 0 saturated heterocycles. The Hall–Kier alpha value is -2.93. The van der Waals surface area contributed by atoms with Crippen molar-refractivity contribution in [2.45, 2.75) is 81.7 Å². The van der Waals surface area contributed by atoms with Crippen LogP contribution in [0.15, 0.2) is 18.2 Å². The molecule has 2 aromatic heterocycles. The topological polar surface area (TPSA) is 90.0 Å². The van der Waals surface area contributed by atoms with E-state index in [1.54, 1.807) is 4.90 Å². The zero-order valence-corrected chi connectivity index (χ0v) is 18.4. The van der Waals surface area contributed by atoms with E-state index in [9.17, 15) is 30.7 Å². The maximum absolute atomic E-state index is 13.8. The highest BCUT2D eigenvalue weighted by atomic mass is 19.4. The second-order valence-electron chi connectivity index (χ2n) is 8.81. The highest BCUT2D eigenvalue weighted by Crippen LogP contribution is 2.41. The number of halogens is 7. The second-order valence-corrected chi connectivity index (χ2v) is 8.81. The summed E-state index contributed by atoms with van der Waals surface area (Å²) in [5, 5.41) is 0. The van der Waals surface area contributed by atoms with Gasteiger partial charge < -0.3 is 15.4 Å². The van der Waals surface area contributed by atoms with Gasteiger partial charge in [0.15, 0.2) is 5.82 Å². The van der Waals surface area contributed by atoms with Gasteiger partial charge in [0, 0.05) is 43.8 Å². The molecule has 2 aliphatic rings. The van der Waals surface area contributed by atoms with Gasteiger partial charge in [-0.2, -0.15) is 15.0 Å². The lowest BCUT2D eigenvalue weighted by atomic mass is 9.86. The molecule has 0 unspecified atom stereocenters. The number of pyridine rings is 1. The largest absolute Gasteiger partial charge is 0.574 e. The zero-order chi connectivity index (χ0) is 25.4. The molecule has 0 atom stereocenters. The van der Waals surface area contributed by atoms with Gasteiger partial charge in [0.1, 0.15) is 5.69 Å². The van der Waals surface area contributed by atoms with Crippen LogP contribution < -0.4 is 15.4 Å². The summed E-state index contributed by atoms with van der Waals surface area (Å²) in [6.45, 7) is 0. The molecule has 4 rings (SSSR count). The Balaban J connectivity index is 1.68. The number of nitrogens with zero attached hydrogens (tertiary/aromatic N) is 5. The first-order valence-electron chi connectivity index (χ1n) is 11.1. The molecule has 35 heavy (non-hydrogen) atoms. The van der Waals surface area contributed by atoms with Crippen LogP contribution in [-0.4, -0.2) is 50.2 Å². The summed E-state index contributed by atoms with van der Waals surface area (Å²) in [5.74, 6) is -6.81. The maximum Gasteiger partial charge on any atom is 0.574 e. The van der Waals surface area contributed by atoms with Crippen LogP contribution in [-0.2, 0) is 0 Å². The molecule has 0 aromatic carbocycles. The minimum atomic E-state index is -4.96. The lowest BCUT2D eigenvalue weighted by molar-refractivity contribution is -0.276. The summed E-state index contributed by atoms with van der Waals surface area (Å²) in [4.78, 5) is 17.8. The van der Waals surface area contributed by atoms with Gasteiger partial charge >= 0.3 is 6.36 Å². The van der Waals surface area contributed by atoms with Crippen LogP contribution in [0.2, 0.25) is 0 Å². The molecule has 2 N–H and O–H groups in total. The number of hydrogen-bond donors (Lipinski definition) is 1. The van der Waals surface area contributed by atoms with Crippen molar-refractivity contribution in [3.63, 3.8) is 0 Å². The van der Waals surface area contributed by atoms with Crippen LogP contribution in [0.3, 0.4) is 0 Å². The average molecular weight is 508 g/mol. The van der Waals surface area contributed by atoms with E-state index in [4.69, 9.17) is 5.73 Å². The number of aromatic nitrogens is 4. The van der Waals surface area contributed by atoms with E-state index < -0.39 is 36.2 Å². The van der Waals surface area contributed by atoms with Gasteiger partial charge in [0.05, 0.1) is 0 Å². The van der Waals surface area contributed by atoms with Crippen molar-refractivity contribution in [3.05, 3.63) is 18.2 Å². The van der Waals surface area contributed by atoms with E-state index in [2.05, 4.69) is 24.7 Å². The minimum absolute atomic E-state index is 0.0122. The fourth-order valence-electron chi connectivity index (χ4n) is 4.56. The third-order valence-corrected chi connectivity index (χ3v) is 6.20. The lowest BCUT2D eigenvalue weighted by Crippen LogP contribution is -2.50. The first-order chi connectivity index (χ1) is 16.3. The minimum Gasteiger partial charge on any atom is -0.388 e.